The van der Waals surface area contributed by atoms with Gasteiger partial charge in [-0.15, -0.1) is 0 Å². The topological polar surface area (TPSA) is 51.0 Å². The first-order valence-electron chi connectivity index (χ1n) is 6.91. The molecule has 1 aromatic carbocycles. The van der Waals surface area contributed by atoms with E-state index in [4.69, 9.17) is 4.52 Å². The highest BCUT2D eigenvalue weighted by atomic mass is 16.5. The minimum absolute atomic E-state index is 0.139. The largest absolute Gasteiger partial charge is 0.338 e. The standard InChI is InChI=1S/C15H19N3O/c1-3-10(2)14-17-15(19-18-14)13-8-11-6-4-5-7-12(11)9-16-13/h4-7,10,13,16H,3,8-9H2,1-2H3/t10?,13-/m0/s1. The van der Waals surface area contributed by atoms with Crippen molar-refractivity contribution in [3.05, 3.63) is 47.1 Å². The lowest BCUT2D eigenvalue weighted by Gasteiger charge is -2.23. The van der Waals surface area contributed by atoms with Crippen molar-refractivity contribution in [1.29, 1.82) is 0 Å². The van der Waals surface area contributed by atoms with Crippen molar-refractivity contribution in [2.24, 2.45) is 0 Å². The van der Waals surface area contributed by atoms with E-state index in [2.05, 4.69) is 53.6 Å². The Morgan fingerprint density at radius 2 is 2.16 bits per heavy atom. The lowest BCUT2D eigenvalue weighted by atomic mass is 9.96. The Hall–Kier alpha value is -1.68. The maximum atomic E-state index is 5.42. The Bertz CT molecular complexity index is 564. The van der Waals surface area contributed by atoms with Crippen LogP contribution in [0.5, 0.6) is 0 Å². The number of nitrogens with one attached hydrogen (secondary N) is 1. The predicted octanol–water partition coefficient (Wildman–Crippen LogP) is 2.97. The molecule has 1 N–H and O–H groups in total. The molecule has 2 heterocycles. The van der Waals surface area contributed by atoms with Gasteiger partial charge in [0.1, 0.15) is 0 Å². The zero-order chi connectivity index (χ0) is 13.2. The fourth-order valence-corrected chi connectivity index (χ4v) is 2.40. The monoisotopic (exact) mass is 257 g/mol. The van der Waals surface area contributed by atoms with Gasteiger partial charge >= 0.3 is 0 Å². The van der Waals surface area contributed by atoms with Crippen LogP contribution >= 0.6 is 0 Å². The Morgan fingerprint density at radius 1 is 1.37 bits per heavy atom. The van der Waals surface area contributed by atoms with Gasteiger partial charge in [-0.2, -0.15) is 4.98 Å². The Kier molecular flexibility index (Phi) is 3.34. The third-order valence-corrected chi connectivity index (χ3v) is 3.89. The van der Waals surface area contributed by atoms with E-state index in [9.17, 15) is 0 Å². The van der Waals surface area contributed by atoms with Gasteiger partial charge in [0.25, 0.3) is 0 Å². The van der Waals surface area contributed by atoms with Crippen molar-refractivity contribution in [3.8, 4) is 0 Å². The van der Waals surface area contributed by atoms with Crippen LogP contribution in [0.4, 0.5) is 0 Å². The number of fused-ring (bicyclic) bond motifs is 1. The van der Waals surface area contributed by atoms with Crippen LogP contribution in [-0.2, 0) is 13.0 Å². The minimum atomic E-state index is 0.139. The van der Waals surface area contributed by atoms with Gasteiger partial charge < -0.3 is 9.84 Å². The molecular formula is C15H19N3O. The van der Waals surface area contributed by atoms with Crippen LogP contribution in [0, 0.1) is 0 Å². The molecular weight excluding hydrogens is 238 g/mol. The minimum Gasteiger partial charge on any atom is -0.338 e. The maximum absolute atomic E-state index is 5.42. The summed E-state index contributed by atoms with van der Waals surface area (Å²) in [6.07, 6.45) is 1.94. The van der Waals surface area contributed by atoms with Crippen molar-refractivity contribution in [2.75, 3.05) is 0 Å². The average molecular weight is 257 g/mol. The second kappa shape index (κ2) is 5.13. The van der Waals surface area contributed by atoms with E-state index < -0.39 is 0 Å². The number of benzene rings is 1. The van der Waals surface area contributed by atoms with E-state index in [1.165, 1.54) is 11.1 Å². The number of hydrogen-bond acceptors (Lipinski definition) is 4. The van der Waals surface area contributed by atoms with E-state index >= 15 is 0 Å². The fourth-order valence-electron chi connectivity index (χ4n) is 2.40. The fraction of sp³-hybridized carbons (Fsp3) is 0.467. The number of nitrogens with zero attached hydrogens (tertiary/aromatic N) is 2. The van der Waals surface area contributed by atoms with Crippen molar-refractivity contribution in [1.82, 2.24) is 15.5 Å². The highest BCUT2D eigenvalue weighted by molar-refractivity contribution is 5.30. The molecule has 1 aliphatic rings. The smallest absolute Gasteiger partial charge is 0.244 e. The third-order valence-electron chi connectivity index (χ3n) is 3.89. The van der Waals surface area contributed by atoms with Crippen LogP contribution in [-0.4, -0.2) is 10.1 Å². The molecule has 0 saturated carbocycles. The highest BCUT2D eigenvalue weighted by Crippen LogP contribution is 2.26. The van der Waals surface area contributed by atoms with E-state index in [0.717, 1.165) is 25.2 Å². The van der Waals surface area contributed by atoms with Gasteiger partial charge in [-0.3, -0.25) is 0 Å². The average Bonchev–Trinajstić information content (AvgIpc) is 2.95. The molecule has 0 spiro atoms. The summed E-state index contributed by atoms with van der Waals surface area (Å²) in [6.45, 7) is 5.12. The number of hydrogen-bond donors (Lipinski definition) is 1. The maximum Gasteiger partial charge on any atom is 0.244 e. The molecule has 100 valence electrons. The lowest BCUT2D eigenvalue weighted by molar-refractivity contribution is 0.317. The molecule has 4 nitrogen and oxygen atoms in total. The SMILES string of the molecule is CCC(C)c1noc([C@@H]2Cc3ccccc3CN2)n1. The van der Waals surface area contributed by atoms with Crippen LogP contribution in [0.3, 0.4) is 0 Å². The third kappa shape index (κ3) is 2.40. The number of aromatic nitrogens is 2. The van der Waals surface area contributed by atoms with Gasteiger partial charge in [0.2, 0.25) is 5.89 Å². The first kappa shape index (κ1) is 12.4. The van der Waals surface area contributed by atoms with Crippen molar-refractivity contribution in [2.45, 2.75) is 45.2 Å². The summed E-state index contributed by atoms with van der Waals surface area (Å²) in [6, 6.07) is 8.64. The van der Waals surface area contributed by atoms with E-state index in [1.54, 1.807) is 0 Å². The van der Waals surface area contributed by atoms with Crippen molar-refractivity contribution < 1.29 is 4.52 Å². The molecule has 0 aliphatic carbocycles. The molecule has 0 saturated heterocycles. The molecule has 0 radical (unpaired) electrons. The molecule has 0 amide bonds. The summed E-state index contributed by atoms with van der Waals surface area (Å²) in [7, 11) is 0. The van der Waals surface area contributed by atoms with Crippen LogP contribution < -0.4 is 5.32 Å². The molecule has 1 aliphatic heterocycles. The first-order chi connectivity index (χ1) is 9.28. The lowest BCUT2D eigenvalue weighted by Crippen LogP contribution is -2.28. The van der Waals surface area contributed by atoms with Crippen LogP contribution in [0.2, 0.25) is 0 Å². The second-order valence-electron chi connectivity index (χ2n) is 5.21. The van der Waals surface area contributed by atoms with Gasteiger partial charge in [-0.05, 0) is 24.0 Å². The molecule has 1 unspecified atom stereocenters. The van der Waals surface area contributed by atoms with Crippen LogP contribution in [0.15, 0.2) is 28.8 Å². The molecule has 2 atom stereocenters. The van der Waals surface area contributed by atoms with Crippen molar-refractivity contribution in [3.63, 3.8) is 0 Å². The Morgan fingerprint density at radius 3 is 2.95 bits per heavy atom. The summed E-state index contributed by atoms with van der Waals surface area (Å²) < 4.78 is 5.42. The zero-order valence-electron chi connectivity index (χ0n) is 11.4. The highest BCUT2D eigenvalue weighted by Gasteiger charge is 2.24. The summed E-state index contributed by atoms with van der Waals surface area (Å²) in [4.78, 5) is 4.54. The molecule has 1 aromatic heterocycles. The molecule has 2 aromatic rings. The Balaban J connectivity index is 1.79. The number of rotatable bonds is 3. The van der Waals surface area contributed by atoms with Crippen LogP contribution in [0.1, 0.15) is 55.1 Å². The summed E-state index contributed by atoms with van der Waals surface area (Å²) in [5, 5.41) is 7.56. The normalized spacial score (nSPS) is 20.0. The Labute approximate surface area is 113 Å². The molecule has 4 heteroatoms. The second-order valence-corrected chi connectivity index (χ2v) is 5.21. The van der Waals surface area contributed by atoms with Gasteiger partial charge in [0.15, 0.2) is 5.82 Å². The summed E-state index contributed by atoms with van der Waals surface area (Å²) >= 11 is 0. The zero-order valence-corrected chi connectivity index (χ0v) is 11.4. The molecule has 0 bridgehead atoms. The van der Waals surface area contributed by atoms with E-state index in [-0.39, 0.29) is 6.04 Å². The quantitative estimate of drug-likeness (QED) is 0.918. The summed E-state index contributed by atoms with van der Waals surface area (Å²) in [5.41, 5.74) is 2.73. The molecule has 19 heavy (non-hydrogen) atoms. The molecule has 0 fully saturated rings. The predicted molar refractivity (Wildman–Crippen MR) is 72.7 cm³/mol. The van der Waals surface area contributed by atoms with Gasteiger partial charge in [0.05, 0.1) is 6.04 Å². The van der Waals surface area contributed by atoms with Crippen molar-refractivity contribution >= 4 is 0 Å². The first-order valence-corrected chi connectivity index (χ1v) is 6.91. The summed E-state index contributed by atoms with van der Waals surface area (Å²) in [5.74, 6) is 1.89. The molecule has 3 rings (SSSR count). The van der Waals surface area contributed by atoms with Gasteiger partial charge in [-0.1, -0.05) is 43.3 Å². The van der Waals surface area contributed by atoms with E-state index in [0.29, 0.717) is 11.8 Å². The van der Waals surface area contributed by atoms with E-state index in [1.807, 2.05) is 0 Å². The van der Waals surface area contributed by atoms with Gasteiger partial charge in [0, 0.05) is 12.5 Å². The van der Waals surface area contributed by atoms with Gasteiger partial charge in [-0.25, -0.2) is 0 Å². The van der Waals surface area contributed by atoms with Crippen LogP contribution in [0.25, 0.3) is 0 Å².